The van der Waals surface area contributed by atoms with Crippen molar-refractivity contribution in [2.24, 2.45) is 0 Å². The van der Waals surface area contributed by atoms with E-state index in [0.29, 0.717) is 0 Å². The van der Waals surface area contributed by atoms with Crippen molar-refractivity contribution >= 4 is 12.0 Å². The number of hydrogen-bond donors (Lipinski definition) is 0. The summed E-state index contributed by atoms with van der Waals surface area (Å²) in [4.78, 5) is 18.3. The zero-order valence-corrected chi connectivity index (χ0v) is 16.8. The molecule has 0 bridgehead atoms. The molecule has 0 N–H and O–H groups in total. The van der Waals surface area contributed by atoms with Gasteiger partial charge in [-0.15, -0.1) is 0 Å². The summed E-state index contributed by atoms with van der Waals surface area (Å²) in [5, 5.41) is 8.47. The summed E-state index contributed by atoms with van der Waals surface area (Å²) in [7, 11) is 1.80. The van der Waals surface area contributed by atoms with Gasteiger partial charge in [0, 0.05) is 24.9 Å². The van der Waals surface area contributed by atoms with Crippen LogP contribution in [0.1, 0.15) is 24.1 Å². The molecule has 2 aromatic carbocycles. The fourth-order valence-corrected chi connectivity index (χ4v) is 3.09. The summed E-state index contributed by atoms with van der Waals surface area (Å²) in [5.74, 6) is -0.0738. The summed E-state index contributed by atoms with van der Waals surface area (Å²) in [6.45, 7) is 2.00. The Kier molecular flexibility index (Phi) is 5.52. The molecule has 2 aromatic heterocycles. The first-order valence-corrected chi connectivity index (χ1v) is 9.62. The number of aromatic nitrogens is 5. The maximum Gasteiger partial charge on any atom is 0.246 e. The molecular formula is C23H22N6O. The molecule has 1 atom stereocenters. The zero-order valence-electron chi connectivity index (χ0n) is 16.8. The van der Waals surface area contributed by atoms with Gasteiger partial charge in [-0.25, -0.2) is 14.3 Å². The van der Waals surface area contributed by atoms with E-state index in [-0.39, 0.29) is 11.9 Å². The third-order valence-corrected chi connectivity index (χ3v) is 5.03. The number of amides is 1. The average Bonchev–Trinajstić information content (AvgIpc) is 3.50. The van der Waals surface area contributed by atoms with E-state index in [1.807, 2.05) is 67.7 Å². The van der Waals surface area contributed by atoms with Crippen LogP contribution in [-0.2, 0) is 4.79 Å². The molecule has 0 saturated carbocycles. The molecule has 1 unspecified atom stereocenters. The number of benzene rings is 2. The minimum Gasteiger partial charge on any atom is -0.335 e. The van der Waals surface area contributed by atoms with Crippen molar-refractivity contribution in [1.82, 2.24) is 29.4 Å². The van der Waals surface area contributed by atoms with Crippen LogP contribution < -0.4 is 0 Å². The molecule has 0 saturated heterocycles. The maximum absolute atomic E-state index is 12.7. The van der Waals surface area contributed by atoms with Crippen LogP contribution in [0.5, 0.6) is 0 Å². The van der Waals surface area contributed by atoms with Crippen LogP contribution in [0, 0.1) is 0 Å². The molecule has 4 aromatic rings. The predicted molar refractivity (Wildman–Crippen MR) is 115 cm³/mol. The van der Waals surface area contributed by atoms with Gasteiger partial charge < -0.3 is 4.90 Å². The highest BCUT2D eigenvalue weighted by Gasteiger charge is 2.15. The van der Waals surface area contributed by atoms with Gasteiger partial charge in [-0.05, 0) is 42.8 Å². The second kappa shape index (κ2) is 8.57. The number of para-hydroxylation sites is 1. The maximum atomic E-state index is 12.7. The topological polar surface area (TPSA) is 68.8 Å². The highest BCUT2D eigenvalue weighted by Crippen LogP contribution is 2.21. The van der Waals surface area contributed by atoms with Crippen molar-refractivity contribution in [2.75, 3.05) is 7.05 Å². The molecule has 150 valence electrons. The van der Waals surface area contributed by atoms with Gasteiger partial charge in [0.25, 0.3) is 0 Å². The lowest BCUT2D eigenvalue weighted by Gasteiger charge is -2.24. The van der Waals surface area contributed by atoms with Crippen molar-refractivity contribution in [3.8, 4) is 11.4 Å². The SMILES string of the molecule is CC(c1ccc(-n2cncn2)cc1)N(C)C(=O)C=Cc1cnn(-c2ccccc2)c1. The van der Waals surface area contributed by atoms with Gasteiger partial charge in [-0.2, -0.15) is 10.2 Å². The third kappa shape index (κ3) is 4.20. The van der Waals surface area contributed by atoms with Gasteiger partial charge in [-0.1, -0.05) is 30.3 Å². The first-order chi connectivity index (χ1) is 14.6. The van der Waals surface area contributed by atoms with Crippen LogP contribution in [0.15, 0.2) is 85.7 Å². The monoisotopic (exact) mass is 398 g/mol. The second-order valence-electron chi connectivity index (χ2n) is 6.94. The molecule has 0 radical (unpaired) electrons. The molecule has 7 nitrogen and oxygen atoms in total. The van der Waals surface area contributed by atoms with Gasteiger partial charge in [-0.3, -0.25) is 4.79 Å². The van der Waals surface area contributed by atoms with E-state index in [4.69, 9.17) is 0 Å². The molecule has 0 aliphatic rings. The molecule has 0 spiro atoms. The molecule has 7 heteroatoms. The zero-order chi connectivity index (χ0) is 20.9. The molecule has 0 aliphatic heterocycles. The van der Waals surface area contributed by atoms with Gasteiger partial charge in [0.05, 0.1) is 23.6 Å². The van der Waals surface area contributed by atoms with E-state index in [1.54, 1.807) is 46.0 Å². The Morgan fingerprint density at radius 1 is 1.00 bits per heavy atom. The Morgan fingerprint density at radius 3 is 2.43 bits per heavy atom. The minimum absolute atomic E-state index is 0.0704. The van der Waals surface area contributed by atoms with Gasteiger partial charge in [0.2, 0.25) is 5.91 Å². The van der Waals surface area contributed by atoms with Crippen LogP contribution in [0.4, 0.5) is 0 Å². The third-order valence-electron chi connectivity index (χ3n) is 5.03. The standard InChI is InChI=1S/C23H22N6O/c1-18(20-9-11-22(12-10-20)29-17-24-16-26-29)27(2)23(30)13-8-19-14-25-28(15-19)21-6-4-3-5-7-21/h3-18H,1-2H3. The lowest BCUT2D eigenvalue weighted by atomic mass is 10.1. The van der Waals surface area contributed by atoms with Crippen LogP contribution >= 0.6 is 0 Å². The minimum atomic E-state index is -0.0738. The molecule has 30 heavy (non-hydrogen) atoms. The highest BCUT2D eigenvalue weighted by molar-refractivity contribution is 5.91. The van der Waals surface area contributed by atoms with Crippen molar-refractivity contribution < 1.29 is 4.79 Å². The highest BCUT2D eigenvalue weighted by atomic mass is 16.2. The lowest BCUT2D eigenvalue weighted by Crippen LogP contribution is -2.27. The number of rotatable bonds is 6. The Bertz CT molecular complexity index is 1130. The molecule has 2 heterocycles. The normalized spacial score (nSPS) is 12.2. The summed E-state index contributed by atoms with van der Waals surface area (Å²) in [6.07, 6.45) is 10.1. The van der Waals surface area contributed by atoms with Gasteiger partial charge in [0.1, 0.15) is 12.7 Å². The van der Waals surface area contributed by atoms with Crippen molar-refractivity contribution in [1.29, 1.82) is 0 Å². The number of nitrogens with zero attached hydrogens (tertiary/aromatic N) is 6. The van der Waals surface area contributed by atoms with E-state index in [1.165, 1.54) is 6.33 Å². The van der Waals surface area contributed by atoms with Crippen LogP contribution in [0.3, 0.4) is 0 Å². The average molecular weight is 398 g/mol. The van der Waals surface area contributed by atoms with Crippen molar-refractivity contribution in [3.63, 3.8) is 0 Å². The largest absolute Gasteiger partial charge is 0.335 e. The van der Waals surface area contributed by atoms with E-state index < -0.39 is 0 Å². The van der Waals surface area contributed by atoms with E-state index in [0.717, 1.165) is 22.5 Å². The molecule has 0 fully saturated rings. The molecular weight excluding hydrogens is 376 g/mol. The van der Waals surface area contributed by atoms with E-state index in [9.17, 15) is 4.79 Å². The van der Waals surface area contributed by atoms with Crippen LogP contribution in [0.2, 0.25) is 0 Å². The van der Waals surface area contributed by atoms with Crippen molar-refractivity contribution in [3.05, 3.63) is 96.8 Å². The fourth-order valence-electron chi connectivity index (χ4n) is 3.09. The number of likely N-dealkylation sites (N-methyl/N-ethyl adjacent to an activating group) is 1. The second-order valence-corrected chi connectivity index (χ2v) is 6.94. The summed E-state index contributed by atoms with van der Waals surface area (Å²) in [5.41, 5.74) is 3.81. The van der Waals surface area contributed by atoms with Gasteiger partial charge in [0.15, 0.2) is 0 Å². The van der Waals surface area contributed by atoms with Crippen LogP contribution in [0.25, 0.3) is 17.5 Å². The number of hydrogen-bond acceptors (Lipinski definition) is 4. The Morgan fingerprint density at radius 2 is 1.73 bits per heavy atom. The smallest absolute Gasteiger partial charge is 0.246 e. The van der Waals surface area contributed by atoms with Crippen LogP contribution in [-0.4, -0.2) is 42.4 Å². The Labute approximate surface area is 174 Å². The summed E-state index contributed by atoms with van der Waals surface area (Å²) >= 11 is 0. The van der Waals surface area contributed by atoms with Gasteiger partial charge >= 0.3 is 0 Å². The Balaban J connectivity index is 1.41. The first-order valence-electron chi connectivity index (χ1n) is 9.62. The van der Waals surface area contributed by atoms with E-state index >= 15 is 0 Å². The molecule has 0 aliphatic carbocycles. The molecule has 4 rings (SSSR count). The summed E-state index contributed by atoms with van der Waals surface area (Å²) in [6, 6.07) is 17.7. The quantitative estimate of drug-likeness (QED) is 0.465. The lowest BCUT2D eigenvalue weighted by molar-refractivity contribution is -0.126. The first kappa shape index (κ1) is 19.3. The summed E-state index contributed by atoms with van der Waals surface area (Å²) < 4.78 is 3.48. The molecule has 1 amide bonds. The number of carbonyl (C=O) groups excluding carboxylic acids is 1. The fraction of sp³-hybridized carbons (Fsp3) is 0.130. The number of carbonyl (C=O) groups is 1. The predicted octanol–water partition coefficient (Wildman–Crippen LogP) is 3.69. The Hall–Kier alpha value is -4.00. The van der Waals surface area contributed by atoms with Crippen molar-refractivity contribution in [2.45, 2.75) is 13.0 Å². The van der Waals surface area contributed by atoms with E-state index in [2.05, 4.69) is 15.2 Å².